The summed E-state index contributed by atoms with van der Waals surface area (Å²) in [6.45, 7) is 12.1. The van der Waals surface area contributed by atoms with Crippen molar-refractivity contribution in [2.75, 3.05) is 11.9 Å². The van der Waals surface area contributed by atoms with Crippen molar-refractivity contribution in [3.05, 3.63) is 41.6 Å². The molecule has 0 atom stereocenters. The Morgan fingerprint density at radius 2 is 2.00 bits per heavy atom. The molecule has 3 aromatic rings. The highest BCUT2D eigenvalue weighted by Crippen LogP contribution is 2.41. The Morgan fingerprint density at radius 3 is 2.62 bits per heavy atom. The molecule has 1 amide bonds. The number of fused-ring (bicyclic) bond motifs is 1. The zero-order valence-corrected chi connectivity index (χ0v) is 22.6. The van der Waals surface area contributed by atoms with Crippen LogP contribution in [0.4, 0.5) is 10.5 Å². The van der Waals surface area contributed by atoms with Crippen LogP contribution in [0.25, 0.3) is 22.2 Å². The first-order valence-corrected chi connectivity index (χ1v) is 13.8. The monoisotopic (exact) mass is 567 g/mol. The van der Waals surface area contributed by atoms with Gasteiger partial charge < -0.3 is 14.5 Å². The summed E-state index contributed by atoms with van der Waals surface area (Å²) in [6.07, 6.45) is 1.62. The van der Waals surface area contributed by atoms with Crippen LogP contribution in [0, 0.1) is 6.92 Å². The maximum absolute atomic E-state index is 12.7. The molecule has 0 unspecified atom stereocenters. The number of pyridine rings is 1. The predicted octanol–water partition coefficient (Wildman–Crippen LogP) is 7.28. The van der Waals surface area contributed by atoms with Gasteiger partial charge in [-0.1, -0.05) is 12.1 Å². The largest absolute Gasteiger partial charge is 0.443 e. The Morgan fingerprint density at radius 1 is 1.28 bits per heavy atom. The summed E-state index contributed by atoms with van der Waals surface area (Å²) < 4.78 is 11.3. The second kappa shape index (κ2) is 10.0. The molecule has 6 nitrogen and oxygen atoms in total. The molecule has 0 aliphatic rings. The highest BCUT2D eigenvalue weighted by molar-refractivity contribution is 14.2. The minimum atomic E-state index is -0.557. The van der Waals surface area contributed by atoms with Crippen molar-refractivity contribution < 1.29 is 14.3 Å². The lowest BCUT2D eigenvalue weighted by atomic mass is 10.0. The molecule has 0 radical (unpaired) electrons. The molecule has 0 spiro atoms. The van der Waals surface area contributed by atoms with Gasteiger partial charge in [0.05, 0.1) is 23.4 Å². The molecule has 0 saturated carbocycles. The second-order valence-corrected chi connectivity index (χ2v) is 10.9. The summed E-state index contributed by atoms with van der Waals surface area (Å²) >= 11 is 2.28. The van der Waals surface area contributed by atoms with Crippen molar-refractivity contribution in [3.63, 3.8) is 0 Å². The first-order chi connectivity index (χ1) is 15.0. The van der Waals surface area contributed by atoms with Crippen LogP contribution in [0.2, 0.25) is 0 Å². The number of hydrogen-bond acceptors (Lipinski definition) is 5. The lowest BCUT2D eigenvalue weighted by Gasteiger charge is -2.26. The van der Waals surface area contributed by atoms with E-state index in [-0.39, 0.29) is 12.2 Å². The number of halogens is 1. The third-order valence-electron chi connectivity index (χ3n) is 4.86. The molecule has 0 aliphatic carbocycles. The minimum absolute atomic E-state index is 0.153. The average Bonchev–Trinajstić information content (AvgIpc) is 3.08. The van der Waals surface area contributed by atoms with Gasteiger partial charge in [0, 0.05) is 45.4 Å². The number of benzene rings is 1. The van der Waals surface area contributed by atoms with E-state index >= 15 is 0 Å². The van der Waals surface area contributed by atoms with Crippen LogP contribution in [0.1, 0.15) is 45.7 Å². The SMILES string of the molecule is Cc1ccc(-c2c(SI)[nH]c3ncc(COC(C)C)cc23)cc1N(C)C(=O)OC(C)(C)C. The molecule has 0 bridgehead atoms. The zero-order valence-electron chi connectivity index (χ0n) is 19.6. The summed E-state index contributed by atoms with van der Waals surface area (Å²) in [5.74, 6) is 0. The fourth-order valence-electron chi connectivity index (χ4n) is 3.33. The number of H-pyrrole nitrogens is 1. The van der Waals surface area contributed by atoms with Crippen LogP contribution in [0.5, 0.6) is 0 Å². The Labute approximate surface area is 206 Å². The summed E-state index contributed by atoms with van der Waals surface area (Å²) in [7, 11) is 3.35. The van der Waals surface area contributed by atoms with E-state index in [1.807, 2.05) is 59.9 Å². The van der Waals surface area contributed by atoms with E-state index < -0.39 is 5.60 Å². The highest BCUT2D eigenvalue weighted by Gasteiger charge is 2.23. The Hall–Kier alpha value is -1.78. The summed E-state index contributed by atoms with van der Waals surface area (Å²) in [4.78, 5) is 22.3. The van der Waals surface area contributed by atoms with E-state index in [1.165, 1.54) is 0 Å². The van der Waals surface area contributed by atoms with Gasteiger partial charge in [-0.3, -0.25) is 4.90 Å². The number of carbonyl (C=O) groups excluding carboxylic acids is 1. The third kappa shape index (κ3) is 5.77. The van der Waals surface area contributed by atoms with Crippen LogP contribution in [0.3, 0.4) is 0 Å². The molecule has 1 N–H and O–H groups in total. The van der Waals surface area contributed by atoms with Crippen LogP contribution in [-0.2, 0) is 16.1 Å². The number of rotatable bonds is 6. The molecule has 3 rings (SSSR count). The van der Waals surface area contributed by atoms with Gasteiger partial charge >= 0.3 is 6.09 Å². The minimum Gasteiger partial charge on any atom is -0.443 e. The number of amides is 1. The number of hydrogen-bond donors (Lipinski definition) is 1. The Balaban J connectivity index is 2.06. The van der Waals surface area contributed by atoms with Gasteiger partial charge in [-0.2, -0.15) is 0 Å². The van der Waals surface area contributed by atoms with Gasteiger partial charge in [-0.15, -0.1) is 0 Å². The van der Waals surface area contributed by atoms with Crippen molar-refractivity contribution >= 4 is 53.0 Å². The molecule has 0 fully saturated rings. The Bertz CT molecular complexity index is 1120. The molecular formula is C24H30IN3O3S. The van der Waals surface area contributed by atoms with Crippen molar-refractivity contribution in [1.82, 2.24) is 9.97 Å². The molecule has 2 aromatic heterocycles. The first kappa shape index (κ1) is 24.9. The number of aromatic amines is 1. The fourth-order valence-corrected chi connectivity index (χ4v) is 4.76. The average molecular weight is 567 g/mol. The fraction of sp³-hybridized carbons (Fsp3) is 0.417. The number of aryl methyl sites for hydroxylation is 1. The lowest BCUT2D eigenvalue weighted by molar-refractivity contribution is 0.0589. The van der Waals surface area contributed by atoms with Gasteiger partial charge in [-0.05, 0) is 79.3 Å². The van der Waals surface area contributed by atoms with Crippen molar-refractivity contribution in [1.29, 1.82) is 0 Å². The number of carbonyl (C=O) groups is 1. The number of anilines is 1. The number of ether oxygens (including phenoxy) is 2. The van der Waals surface area contributed by atoms with E-state index in [2.05, 4.69) is 43.3 Å². The summed E-state index contributed by atoms with van der Waals surface area (Å²) in [6, 6.07) is 8.28. The highest BCUT2D eigenvalue weighted by atomic mass is 127. The van der Waals surface area contributed by atoms with E-state index in [1.54, 1.807) is 20.9 Å². The molecule has 0 aliphatic heterocycles. The van der Waals surface area contributed by atoms with Gasteiger partial charge in [0.1, 0.15) is 11.2 Å². The predicted molar refractivity (Wildman–Crippen MR) is 141 cm³/mol. The normalized spacial score (nSPS) is 11.9. The summed E-state index contributed by atoms with van der Waals surface area (Å²) in [5, 5.41) is 2.05. The summed E-state index contributed by atoms with van der Waals surface area (Å²) in [5.41, 5.74) is 5.17. The maximum atomic E-state index is 12.7. The van der Waals surface area contributed by atoms with Crippen molar-refractivity contribution in [2.24, 2.45) is 0 Å². The number of aromatic nitrogens is 2. The topological polar surface area (TPSA) is 67.5 Å². The quantitative estimate of drug-likeness (QED) is 0.317. The number of nitrogens with zero attached hydrogens (tertiary/aromatic N) is 2. The van der Waals surface area contributed by atoms with Crippen LogP contribution in [0.15, 0.2) is 35.5 Å². The lowest BCUT2D eigenvalue weighted by Crippen LogP contribution is -2.34. The number of nitrogens with one attached hydrogen (secondary N) is 1. The third-order valence-corrected chi connectivity index (χ3v) is 6.64. The van der Waals surface area contributed by atoms with Crippen LogP contribution >= 0.6 is 30.1 Å². The smallest absolute Gasteiger partial charge is 0.414 e. The first-order valence-electron chi connectivity index (χ1n) is 10.5. The van der Waals surface area contributed by atoms with Crippen LogP contribution < -0.4 is 4.90 Å². The molecule has 2 heterocycles. The zero-order chi connectivity index (χ0) is 23.6. The van der Waals surface area contributed by atoms with Crippen molar-refractivity contribution in [3.8, 4) is 11.1 Å². The second-order valence-electron chi connectivity index (χ2n) is 9.05. The molecule has 172 valence electrons. The standard InChI is InChI=1S/C24H30IN3O3S/c1-14(2)30-13-16-10-18-20(22(32-25)27-21(18)26-12-16)17-9-8-15(3)19(11-17)28(7)23(29)31-24(4,5)6/h8-12,14H,13H2,1-7H3,(H,26,27). The van der Waals surface area contributed by atoms with E-state index in [4.69, 9.17) is 9.47 Å². The van der Waals surface area contributed by atoms with E-state index in [9.17, 15) is 4.79 Å². The molecular weight excluding hydrogens is 537 g/mol. The molecule has 1 aromatic carbocycles. The van der Waals surface area contributed by atoms with Gasteiger partial charge in [0.15, 0.2) is 0 Å². The van der Waals surface area contributed by atoms with Crippen molar-refractivity contribution in [2.45, 2.75) is 64.9 Å². The van der Waals surface area contributed by atoms with Gasteiger partial charge in [0.25, 0.3) is 0 Å². The van der Waals surface area contributed by atoms with E-state index in [0.717, 1.165) is 44.0 Å². The van der Waals surface area contributed by atoms with Gasteiger partial charge in [0.2, 0.25) is 0 Å². The molecule has 32 heavy (non-hydrogen) atoms. The van der Waals surface area contributed by atoms with Crippen LogP contribution in [-0.4, -0.2) is 34.8 Å². The maximum Gasteiger partial charge on any atom is 0.414 e. The molecule has 0 saturated heterocycles. The molecule has 8 heteroatoms. The Kier molecular flexibility index (Phi) is 7.77. The van der Waals surface area contributed by atoms with E-state index in [0.29, 0.717) is 6.61 Å². The van der Waals surface area contributed by atoms with Gasteiger partial charge in [-0.25, -0.2) is 9.78 Å².